The summed E-state index contributed by atoms with van der Waals surface area (Å²) in [5, 5.41) is 8.51. The molecule has 168 valence electrons. The summed E-state index contributed by atoms with van der Waals surface area (Å²) in [6.45, 7) is 4.01. The van der Waals surface area contributed by atoms with Crippen LogP contribution in [0.1, 0.15) is 27.0 Å². The largest absolute Gasteiger partial charge is 0.497 e. The van der Waals surface area contributed by atoms with E-state index >= 15 is 0 Å². The van der Waals surface area contributed by atoms with Crippen LogP contribution < -0.4 is 20.7 Å². The molecule has 7 heteroatoms. The number of anilines is 2. The zero-order valence-corrected chi connectivity index (χ0v) is 19.5. The molecule has 33 heavy (non-hydrogen) atoms. The topological polar surface area (TPSA) is 79.5 Å². The predicted octanol–water partition coefficient (Wildman–Crippen LogP) is 5.09. The number of amides is 2. The second-order valence-electron chi connectivity index (χ2n) is 7.35. The third-order valence-corrected chi connectivity index (χ3v) is 5.17. The van der Waals surface area contributed by atoms with Crippen molar-refractivity contribution in [1.82, 2.24) is 5.32 Å². The quantitative estimate of drug-likeness (QED) is 0.353. The Morgan fingerprint density at radius 1 is 0.909 bits per heavy atom. The number of methoxy groups -OCH3 is 1. The van der Waals surface area contributed by atoms with Gasteiger partial charge in [-0.2, -0.15) is 0 Å². The Hall–Kier alpha value is -3.97. The first-order valence-electron chi connectivity index (χ1n) is 10.3. The van der Waals surface area contributed by atoms with Gasteiger partial charge >= 0.3 is 0 Å². The molecule has 3 rings (SSSR count). The minimum Gasteiger partial charge on any atom is -0.497 e. The highest BCUT2D eigenvalue weighted by atomic mass is 32.1. The maximum Gasteiger partial charge on any atom is 0.257 e. The van der Waals surface area contributed by atoms with E-state index in [9.17, 15) is 9.59 Å². The van der Waals surface area contributed by atoms with Gasteiger partial charge in [0.2, 0.25) is 5.91 Å². The summed E-state index contributed by atoms with van der Waals surface area (Å²) in [5.74, 6) is 0.0671. The second kappa shape index (κ2) is 11.1. The van der Waals surface area contributed by atoms with Gasteiger partial charge in [-0.15, -0.1) is 0 Å². The van der Waals surface area contributed by atoms with Crippen molar-refractivity contribution < 1.29 is 14.3 Å². The molecule has 0 bridgehead atoms. The third kappa shape index (κ3) is 6.75. The zero-order chi connectivity index (χ0) is 23.8. The molecule has 0 radical (unpaired) electrons. The molecule has 0 unspecified atom stereocenters. The molecule has 0 heterocycles. The van der Waals surface area contributed by atoms with Crippen molar-refractivity contribution in [1.29, 1.82) is 0 Å². The molecule has 0 fully saturated rings. The lowest BCUT2D eigenvalue weighted by Gasteiger charge is -2.13. The Morgan fingerprint density at radius 3 is 2.33 bits per heavy atom. The number of aryl methyl sites for hydroxylation is 2. The van der Waals surface area contributed by atoms with Crippen LogP contribution in [0.3, 0.4) is 0 Å². The molecule has 3 N–H and O–H groups in total. The van der Waals surface area contributed by atoms with Crippen LogP contribution >= 0.6 is 12.2 Å². The van der Waals surface area contributed by atoms with Gasteiger partial charge in [-0.25, -0.2) is 0 Å². The number of carbonyl (C=O) groups excluding carboxylic acids is 2. The first-order valence-corrected chi connectivity index (χ1v) is 10.7. The lowest BCUT2D eigenvalue weighted by atomic mass is 10.1. The molecule has 6 nitrogen and oxygen atoms in total. The van der Waals surface area contributed by atoms with Gasteiger partial charge < -0.3 is 15.4 Å². The summed E-state index contributed by atoms with van der Waals surface area (Å²) >= 11 is 5.26. The Kier molecular flexibility index (Phi) is 7.94. The number of ether oxygens (including phenoxy) is 1. The summed E-state index contributed by atoms with van der Waals surface area (Å²) < 4.78 is 5.12. The Labute approximate surface area is 198 Å². The first-order chi connectivity index (χ1) is 15.9. The molecule has 0 aromatic heterocycles. The van der Waals surface area contributed by atoms with Gasteiger partial charge in [-0.05, 0) is 85.2 Å². The molecular formula is C26H25N3O3S. The normalized spacial score (nSPS) is 10.5. The molecule has 3 aromatic rings. The van der Waals surface area contributed by atoms with Gasteiger partial charge in [-0.3, -0.25) is 14.9 Å². The number of carbonyl (C=O) groups is 2. The number of nitrogens with one attached hydrogen (secondary N) is 3. The fraction of sp³-hybridized carbons (Fsp3) is 0.115. The summed E-state index contributed by atoms with van der Waals surface area (Å²) in [6.07, 6.45) is 3.05. The van der Waals surface area contributed by atoms with Crippen molar-refractivity contribution in [3.8, 4) is 5.75 Å². The molecule has 0 aliphatic carbocycles. The highest BCUT2D eigenvalue weighted by Gasteiger charge is 2.13. The lowest BCUT2D eigenvalue weighted by molar-refractivity contribution is -0.115. The van der Waals surface area contributed by atoms with E-state index < -0.39 is 0 Å². The number of benzene rings is 3. The molecule has 2 amide bonds. The Balaban J connectivity index is 1.62. The van der Waals surface area contributed by atoms with E-state index in [1.54, 1.807) is 37.5 Å². The van der Waals surface area contributed by atoms with Crippen molar-refractivity contribution in [2.24, 2.45) is 0 Å². The molecule has 0 aliphatic rings. The number of hydrogen-bond acceptors (Lipinski definition) is 4. The Morgan fingerprint density at radius 2 is 1.64 bits per heavy atom. The SMILES string of the molecule is COc1ccc(/C=C/C(=O)NC(=S)Nc2ccccc2C(=O)Nc2ccc(C)c(C)c2)cc1. The standard InChI is InChI=1S/C26H25N3O3S/c1-17-8-12-20(16-18(17)2)27-25(31)22-6-4-5-7-23(22)28-26(33)29-24(30)15-11-19-9-13-21(32-3)14-10-19/h4-16H,1-3H3,(H,27,31)(H2,28,29,30,33)/b15-11+. The van der Waals surface area contributed by atoms with E-state index in [0.717, 1.165) is 22.4 Å². The molecular weight excluding hydrogens is 434 g/mol. The molecule has 0 saturated carbocycles. The highest BCUT2D eigenvalue weighted by molar-refractivity contribution is 7.80. The molecule has 0 saturated heterocycles. The van der Waals surface area contributed by atoms with Gasteiger partial charge in [0.05, 0.1) is 18.4 Å². The van der Waals surface area contributed by atoms with Gasteiger partial charge in [0, 0.05) is 11.8 Å². The minimum atomic E-state index is -0.389. The summed E-state index contributed by atoms with van der Waals surface area (Å²) in [6, 6.07) is 20.0. The maximum atomic E-state index is 12.8. The van der Waals surface area contributed by atoms with E-state index in [-0.39, 0.29) is 16.9 Å². The van der Waals surface area contributed by atoms with Crippen molar-refractivity contribution >= 4 is 46.6 Å². The fourth-order valence-electron chi connectivity index (χ4n) is 3.00. The van der Waals surface area contributed by atoms with Crippen molar-refractivity contribution in [2.75, 3.05) is 17.7 Å². The van der Waals surface area contributed by atoms with Crippen LogP contribution in [0, 0.1) is 13.8 Å². The van der Waals surface area contributed by atoms with E-state index in [1.807, 2.05) is 56.3 Å². The van der Waals surface area contributed by atoms with Gasteiger partial charge in [-0.1, -0.05) is 30.3 Å². The van der Waals surface area contributed by atoms with E-state index in [1.165, 1.54) is 6.08 Å². The van der Waals surface area contributed by atoms with E-state index in [4.69, 9.17) is 17.0 Å². The van der Waals surface area contributed by atoms with Crippen LogP contribution in [-0.2, 0) is 4.79 Å². The lowest BCUT2D eigenvalue weighted by Crippen LogP contribution is -2.33. The average Bonchev–Trinajstić information content (AvgIpc) is 2.80. The van der Waals surface area contributed by atoms with Gasteiger partial charge in [0.15, 0.2) is 5.11 Å². The molecule has 0 aliphatic heterocycles. The smallest absolute Gasteiger partial charge is 0.257 e. The second-order valence-corrected chi connectivity index (χ2v) is 7.76. The summed E-state index contributed by atoms with van der Waals surface area (Å²) in [4.78, 5) is 25.1. The fourth-order valence-corrected chi connectivity index (χ4v) is 3.21. The number of hydrogen-bond donors (Lipinski definition) is 3. The van der Waals surface area contributed by atoms with Crippen molar-refractivity contribution in [3.63, 3.8) is 0 Å². The molecule has 0 spiro atoms. The van der Waals surface area contributed by atoms with Crippen LogP contribution in [-0.4, -0.2) is 24.0 Å². The zero-order valence-electron chi connectivity index (χ0n) is 18.6. The predicted molar refractivity (Wildman–Crippen MR) is 137 cm³/mol. The minimum absolute atomic E-state index is 0.0887. The number of para-hydroxylation sites is 1. The van der Waals surface area contributed by atoms with Crippen molar-refractivity contribution in [2.45, 2.75) is 13.8 Å². The van der Waals surface area contributed by atoms with Gasteiger partial charge in [0.25, 0.3) is 5.91 Å². The third-order valence-electron chi connectivity index (χ3n) is 4.96. The van der Waals surface area contributed by atoms with Crippen molar-refractivity contribution in [3.05, 3.63) is 95.1 Å². The van der Waals surface area contributed by atoms with E-state index in [2.05, 4.69) is 16.0 Å². The first kappa shape index (κ1) is 23.7. The summed E-state index contributed by atoms with van der Waals surface area (Å²) in [7, 11) is 1.59. The van der Waals surface area contributed by atoms with Crippen LogP contribution in [0.25, 0.3) is 6.08 Å². The molecule has 0 atom stereocenters. The van der Waals surface area contributed by atoms with Crippen LogP contribution in [0.15, 0.2) is 72.8 Å². The molecule has 3 aromatic carbocycles. The average molecular weight is 460 g/mol. The van der Waals surface area contributed by atoms with E-state index in [0.29, 0.717) is 16.9 Å². The maximum absolute atomic E-state index is 12.8. The van der Waals surface area contributed by atoms with Crippen LogP contribution in [0.2, 0.25) is 0 Å². The Bertz CT molecular complexity index is 1200. The van der Waals surface area contributed by atoms with Crippen LogP contribution in [0.4, 0.5) is 11.4 Å². The highest BCUT2D eigenvalue weighted by Crippen LogP contribution is 2.19. The monoisotopic (exact) mass is 459 g/mol. The summed E-state index contributed by atoms with van der Waals surface area (Å²) in [5.41, 5.74) is 4.68. The van der Waals surface area contributed by atoms with Crippen LogP contribution in [0.5, 0.6) is 5.75 Å². The van der Waals surface area contributed by atoms with Gasteiger partial charge in [0.1, 0.15) is 5.75 Å². The number of rotatable bonds is 6. The number of thiocarbonyl (C=S) groups is 1.